The zero-order valence-electron chi connectivity index (χ0n) is 9.35. The number of amides is 1. The van der Waals surface area contributed by atoms with Gasteiger partial charge in [-0.05, 0) is 31.1 Å². The second kappa shape index (κ2) is 5.95. The number of hydrogen-bond acceptors (Lipinski definition) is 2. The quantitative estimate of drug-likeness (QED) is 0.751. The largest absolute Gasteiger partial charge is 0.465 e. The molecule has 4 nitrogen and oxygen atoms in total. The van der Waals surface area contributed by atoms with Crippen LogP contribution in [0.3, 0.4) is 0 Å². The summed E-state index contributed by atoms with van der Waals surface area (Å²) in [6.45, 7) is 0.936. The zero-order valence-corrected chi connectivity index (χ0v) is 9.35. The molecule has 2 N–H and O–H groups in total. The molecule has 1 fully saturated rings. The fraction of sp³-hybridized carbons (Fsp3) is 0.909. The molecule has 4 heteroatoms. The van der Waals surface area contributed by atoms with Crippen LogP contribution in [-0.4, -0.2) is 41.4 Å². The minimum atomic E-state index is -0.840. The Morgan fingerprint density at radius 3 is 2.27 bits per heavy atom. The first-order valence-electron chi connectivity index (χ1n) is 5.68. The highest BCUT2D eigenvalue weighted by atomic mass is 16.4. The number of carboxylic acid groups (broad SMARTS) is 1. The van der Waals surface area contributed by atoms with Crippen molar-refractivity contribution in [3.63, 3.8) is 0 Å². The van der Waals surface area contributed by atoms with Crippen molar-refractivity contribution in [3.05, 3.63) is 0 Å². The highest BCUT2D eigenvalue weighted by Gasteiger charge is 2.22. The highest BCUT2D eigenvalue weighted by molar-refractivity contribution is 5.64. The standard InChI is InChI=1S/C11H21NO3/c1-12(11(14)15)8-10-4-2-9(3-5-10)6-7-13/h9-10,13H,2-8H2,1H3,(H,14,15). The highest BCUT2D eigenvalue weighted by Crippen LogP contribution is 2.30. The molecule has 1 rings (SSSR count). The SMILES string of the molecule is CN(CC1CCC(CCO)CC1)C(=O)O. The van der Waals surface area contributed by atoms with E-state index in [1.807, 2.05) is 0 Å². The minimum Gasteiger partial charge on any atom is -0.465 e. The van der Waals surface area contributed by atoms with Crippen LogP contribution in [0.15, 0.2) is 0 Å². The Bertz CT molecular complexity index is 200. The second-order valence-electron chi connectivity index (χ2n) is 4.56. The topological polar surface area (TPSA) is 60.8 Å². The zero-order chi connectivity index (χ0) is 11.3. The first-order valence-corrected chi connectivity index (χ1v) is 5.68. The summed E-state index contributed by atoms with van der Waals surface area (Å²) in [5.41, 5.74) is 0. The van der Waals surface area contributed by atoms with Gasteiger partial charge in [-0.3, -0.25) is 0 Å². The Hall–Kier alpha value is -0.770. The van der Waals surface area contributed by atoms with E-state index in [0.717, 1.165) is 32.1 Å². The van der Waals surface area contributed by atoms with Gasteiger partial charge in [0.1, 0.15) is 0 Å². The van der Waals surface area contributed by atoms with Gasteiger partial charge in [0.15, 0.2) is 0 Å². The Kier molecular flexibility index (Phi) is 4.88. The summed E-state index contributed by atoms with van der Waals surface area (Å²) in [5.74, 6) is 1.17. The summed E-state index contributed by atoms with van der Waals surface area (Å²) in [4.78, 5) is 12.0. The summed E-state index contributed by atoms with van der Waals surface area (Å²) < 4.78 is 0. The van der Waals surface area contributed by atoms with E-state index in [4.69, 9.17) is 10.2 Å². The van der Waals surface area contributed by atoms with Crippen LogP contribution in [-0.2, 0) is 0 Å². The summed E-state index contributed by atoms with van der Waals surface area (Å²) in [6, 6.07) is 0. The Labute approximate surface area is 90.9 Å². The van der Waals surface area contributed by atoms with Crippen molar-refractivity contribution < 1.29 is 15.0 Å². The molecular weight excluding hydrogens is 194 g/mol. The van der Waals surface area contributed by atoms with Gasteiger partial charge in [-0.25, -0.2) is 4.79 Å². The summed E-state index contributed by atoms with van der Waals surface area (Å²) in [7, 11) is 1.63. The number of aliphatic hydroxyl groups excluding tert-OH is 1. The molecule has 0 radical (unpaired) electrons. The molecule has 1 amide bonds. The summed E-state index contributed by atoms with van der Waals surface area (Å²) in [6.07, 6.45) is 4.54. The molecule has 0 aromatic heterocycles. The fourth-order valence-corrected chi connectivity index (χ4v) is 2.35. The second-order valence-corrected chi connectivity index (χ2v) is 4.56. The van der Waals surface area contributed by atoms with Gasteiger partial charge in [-0.15, -0.1) is 0 Å². The van der Waals surface area contributed by atoms with Gasteiger partial charge in [-0.2, -0.15) is 0 Å². The van der Waals surface area contributed by atoms with Crippen molar-refractivity contribution in [2.45, 2.75) is 32.1 Å². The first-order chi connectivity index (χ1) is 7.13. The average Bonchev–Trinajstić information content (AvgIpc) is 2.21. The third-order valence-corrected chi connectivity index (χ3v) is 3.36. The number of rotatable bonds is 4. The lowest BCUT2D eigenvalue weighted by Crippen LogP contribution is -2.32. The van der Waals surface area contributed by atoms with Crippen LogP contribution in [0, 0.1) is 11.8 Å². The van der Waals surface area contributed by atoms with Crippen LogP contribution in [0.5, 0.6) is 0 Å². The van der Waals surface area contributed by atoms with Gasteiger partial charge in [0.2, 0.25) is 0 Å². The molecule has 0 aromatic carbocycles. The van der Waals surface area contributed by atoms with Crippen LogP contribution in [0.4, 0.5) is 4.79 Å². The lowest BCUT2D eigenvalue weighted by atomic mass is 9.80. The van der Waals surface area contributed by atoms with Crippen molar-refractivity contribution in [2.24, 2.45) is 11.8 Å². The van der Waals surface area contributed by atoms with Crippen LogP contribution in [0.1, 0.15) is 32.1 Å². The first kappa shape index (κ1) is 12.3. The summed E-state index contributed by atoms with van der Waals surface area (Å²) >= 11 is 0. The lowest BCUT2D eigenvalue weighted by Gasteiger charge is -2.30. The molecule has 15 heavy (non-hydrogen) atoms. The molecule has 1 aliphatic carbocycles. The van der Waals surface area contributed by atoms with E-state index in [1.54, 1.807) is 7.05 Å². The van der Waals surface area contributed by atoms with E-state index >= 15 is 0 Å². The Balaban J connectivity index is 2.22. The molecule has 1 aliphatic rings. The van der Waals surface area contributed by atoms with Crippen LogP contribution >= 0.6 is 0 Å². The van der Waals surface area contributed by atoms with Gasteiger partial charge < -0.3 is 15.1 Å². The van der Waals surface area contributed by atoms with E-state index in [-0.39, 0.29) is 6.61 Å². The molecule has 1 saturated carbocycles. The fourth-order valence-electron chi connectivity index (χ4n) is 2.35. The van der Waals surface area contributed by atoms with Crippen molar-refractivity contribution >= 4 is 6.09 Å². The van der Waals surface area contributed by atoms with E-state index in [1.165, 1.54) is 4.90 Å². The van der Waals surface area contributed by atoms with E-state index in [2.05, 4.69) is 0 Å². The third-order valence-electron chi connectivity index (χ3n) is 3.36. The third kappa shape index (κ3) is 4.08. The predicted octanol–water partition coefficient (Wildman–Crippen LogP) is 1.78. The van der Waals surface area contributed by atoms with Gasteiger partial charge in [0, 0.05) is 20.2 Å². The molecule has 0 atom stereocenters. The van der Waals surface area contributed by atoms with Gasteiger partial charge in [-0.1, -0.05) is 12.8 Å². The maximum atomic E-state index is 10.6. The number of aliphatic hydroxyl groups is 1. The van der Waals surface area contributed by atoms with Crippen molar-refractivity contribution in [2.75, 3.05) is 20.2 Å². The number of carbonyl (C=O) groups is 1. The molecule has 88 valence electrons. The van der Waals surface area contributed by atoms with Crippen molar-refractivity contribution in [1.29, 1.82) is 0 Å². The van der Waals surface area contributed by atoms with Crippen LogP contribution < -0.4 is 0 Å². The van der Waals surface area contributed by atoms with Crippen molar-refractivity contribution in [1.82, 2.24) is 4.90 Å². The maximum absolute atomic E-state index is 10.6. The molecule has 0 aliphatic heterocycles. The van der Waals surface area contributed by atoms with E-state index < -0.39 is 6.09 Å². The Morgan fingerprint density at radius 1 is 1.27 bits per heavy atom. The molecule has 0 heterocycles. The Morgan fingerprint density at radius 2 is 1.80 bits per heavy atom. The average molecular weight is 215 g/mol. The maximum Gasteiger partial charge on any atom is 0.407 e. The lowest BCUT2D eigenvalue weighted by molar-refractivity contribution is 0.136. The number of hydrogen-bond donors (Lipinski definition) is 2. The monoisotopic (exact) mass is 215 g/mol. The molecule has 0 aromatic rings. The predicted molar refractivity (Wildman–Crippen MR) is 57.8 cm³/mol. The molecule has 0 unspecified atom stereocenters. The van der Waals surface area contributed by atoms with Gasteiger partial charge >= 0.3 is 6.09 Å². The minimum absolute atomic E-state index is 0.282. The normalized spacial score (nSPS) is 26.3. The van der Waals surface area contributed by atoms with Crippen molar-refractivity contribution in [3.8, 4) is 0 Å². The van der Waals surface area contributed by atoms with Gasteiger partial charge in [0.25, 0.3) is 0 Å². The molecule has 0 spiro atoms. The van der Waals surface area contributed by atoms with Crippen LogP contribution in [0.25, 0.3) is 0 Å². The van der Waals surface area contributed by atoms with Crippen LogP contribution in [0.2, 0.25) is 0 Å². The summed E-state index contributed by atoms with van der Waals surface area (Å²) in [5, 5.41) is 17.6. The van der Waals surface area contributed by atoms with E-state index in [9.17, 15) is 4.79 Å². The molecule has 0 saturated heterocycles. The smallest absolute Gasteiger partial charge is 0.407 e. The van der Waals surface area contributed by atoms with E-state index in [0.29, 0.717) is 18.4 Å². The molecular formula is C11H21NO3. The van der Waals surface area contributed by atoms with Gasteiger partial charge in [0.05, 0.1) is 0 Å². The molecule has 0 bridgehead atoms. The number of nitrogens with zero attached hydrogens (tertiary/aromatic N) is 1.